The highest BCUT2D eigenvalue weighted by molar-refractivity contribution is 5.85. The number of aromatic nitrogens is 2. The van der Waals surface area contributed by atoms with Gasteiger partial charge in [-0.2, -0.15) is 0 Å². The predicted molar refractivity (Wildman–Crippen MR) is 63.3 cm³/mol. The Kier molecular flexibility index (Phi) is 2.33. The summed E-state index contributed by atoms with van der Waals surface area (Å²) in [5.41, 5.74) is 8.05. The maximum atomic E-state index is 9.12. The molecule has 2 aromatic rings. The van der Waals surface area contributed by atoms with Crippen LogP contribution < -0.4 is 5.73 Å². The van der Waals surface area contributed by atoms with Crippen molar-refractivity contribution >= 4 is 16.9 Å². The standard InChI is InChI=1S/C12H13N3O2/c13-12-11-10(14-6-15-12)9(5-17-11)8-2-1-7(3-8)4-16/h1-2,5-8,16H,3-4H2,(H2,13,14,15). The third-order valence-electron chi connectivity index (χ3n) is 3.21. The molecule has 3 rings (SSSR count). The van der Waals surface area contributed by atoms with Gasteiger partial charge in [0.2, 0.25) is 0 Å². The average Bonchev–Trinajstić information content (AvgIpc) is 2.94. The Morgan fingerprint density at radius 2 is 2.29 bits per heavy atom. The molecule has 0 aromatic carbocycles. The van der Waals surface area contributed by atoms with Crippen LogP contribution in [-0.4, -0.2) is 21.7 Å². The zero-order valence-electron chi connectivity index (χ0n) is 9.21. The van der Waals surface area contributed by atoms with Crippen LogP contribution in [-0.2, 0) is 0 Å². The Balaban J connectivity index is 2.02. The third-order valence-corrected chi connectivity index (χ3v) is 3.21. The molecule has 0 amide bonds. The number of nitrogens with two attached hydrogens (primary N) is 1. The Morgan fingerprint density at radius 3 is 3.06 bits per heavy atom. The van der Waals surface area contributed by atoms with Gasteiger partial charge in [0.15, 0.2) is 11.4 Å². The fourth-order valence-electron chi connectivity index (χ4n) is 2.29. The van der Waals surface area contributed by atoms with Crippen molar-refractivity contribution < 1.29 is 9.52 Å². The lowest BCUT2D eigenvalue weighted by atomic mass is 9.97. The molecule has 5 nitrogen and oxygen atoms in total. The Bertz CT molecular complexity index is 576. The van der Waals surface area contributed by atoms with Gasteiger partial charge < -0.3 is 15.3 Å². The Morgan fingerprint density at radius 1 is 1.41 bits per heavy atom. The highest BCUT2D eigenvalue weighted by Gasteiger charge is 2.24. The molecule has 0 fully saturated rings. The van der Waals surface area contributed by atoms with Gasteiger partial charge in [0, 0.05) is 24.0 Å². The highest BCUT2D eigenvalue weighted by Crippen LogP contribution is 2.36. The molecule has 2 unspecified atom stereocenters. The lowest BCUT2D eigenvalue weighted by Gasteiger charge is -2.07. The van der Waals surface area contributed by atoms with E-state index in [0.29, 0.717) is 11.4 Å². The fourth-order valence-corrected chi connectivity index (χ4v) is 2.29. The van der Waals surface area contributed by atoms with Crippen LogP contribution >= 0.6 is 0 Å². The molecule has 17 heavy (non-hydrogen) atoms. The molecule has 0 bridgehead atoms. The molecule has 2 heterocycles. The first kappa shape index (κ1) is 10.3. The average molecular weight is 231 g/mol. The third kappa shape index (κ3) is 1.59. The van der Waals surface area contributed by atoms with Crippen molar-refractivity contribution in [2.45, 2.75) is 12.3 Å². The van der Waals surface area contributed by atoms with E-state index in [9.17, 15) is 0 Å². The summed E-state index contributed by atoms with van der Waals surface area (Å²) in [6, 6.07) is 0. The lowest BCUT2D eigenvalue weighted by molar-refractivity contribution is 0.249. The summed E-state index contributed by atoms with van der Waals surface area (Å²) in [5.74, 6) is 0.828. The van der Waals surface area contributed by atoms with Crippen molar-refractivity contribution in [3.8, 4) is 0 Å². The van der Waals surface area contributed by atoms with Gasteiger partial charge in [0.25, 0.3) is 0 Å². The van der Waals surface area contributed by atoms with Crippen LogP contribution in [0.3, 0.4) is 0 Å². The molecule has 2 atom stereocenters. The maximum absolute atomic E-state index is 9.12. The molecule has 0 spiro atoms. The van der Waals surface area contributed by atoms with E-state index in [1.807, 2.05) is 6.08 Å². The molecule has 0 saturated heterocycles. The number of aliphatic hydroxyl groups excluding tert-OH is 1. The number of allylic oxidation sites excluding steroid dienone is 1. The first-order valence-corrected chi connectivity index (χ1v) is 5.56. The Hall–Kier alpha value is -1.88. The number of nitrogens with zero attached hydrogens (tertiary/aromatic N) is 2. The minimum absolute atomic E-state index is 0.180. The van der Waals surface area contributed by atoms with Gasteiger partial charge in [-0.25, -0.2) is 9.97 Å². The van der Waals surface area contributed by atoms with Crippen molar-refractivity contribution in [2.75, 3.05) is 12.3 Å². The van der Waals surface area contributed by atoms with E-state index >= 15 is 0 Å². The van der Waals surface area contributed by atoms with Crippen molar-refractivity contribution in [1.82, 2.24) is 9.97 Å². The zero-order chi connectivity index (χ0) is 11.8. The van der Waals surface area contributed by atoms with E-state index in [1.54, 1.807) is 6.26 Å². The van der Waals surface area contributed by atoms with Gasteiger partial charge in [-0.05, 0) is 6.42 Å². The normalized spacial score (nSPS) is 23.6. The van der Waals surface area contributed by atoms with Crippen molar-refractivity contribution in [3.05, 3.63) is 30.3 Å². The lowest BCUT2D eigenvalue weighted by Crippen LogP contribution is -2.01. The van der Waals surface area contributed by atoms with E-state index in [-0.39, 0.29) is 18.4 Å². The maximum Gasteiger partial charge on any atom is 0.194 e. The summed E-state index contributed by atoms with van der Waals surface area (Å²) in [6.45, 7) is 0.180. The number of aliphatic hydroxyl groups is 1. The van der Waals surface area contributed by atoms with E-state index < -0.39 is 0 Å². The molecule has 1 aliphatic carbocycles. The van der Waals surface area contributed by atoms with Gasteiger partial charge in [0.05, 0.1) is 6.26 Å². The smallest absolute Gasteiger partial charge is 0.194 e. The summed E-state index contributed by atoms with van der Waals surface area (Å²) in [7, 11) is 0. The van der Waals surface area contributed by atoms with Crippen LogP contribution in [0.2, 0.25) is 0 Å². The van der Waals surface area contributed by atoms with Crippen LogP contribution in [0.4, 0.5) is 5.82 Å². The molecule has 0 radical (unpaired) electrons. The summed E-state index contributed by atoms with van der Waals surface area (Å²) in [4.78, 5) is 8.11. The van der Waals surface area contributed by atoms with Crippen molar-refractivity contribution in [1.29, 1.82) is 0 Å². The van der Waals surface area contributed by atoms with E-state index in [1.165, 1.54) is 6.33 Å². The second-order valence-corrected chi connectivity index (χ2v) is 4.30. The molecular weight excluding hydrogens is 218 g/mol. The van der Waals surface area contributed by atoms with Gasteiger partial charge in [-0.1, -0.05) is 12.2 Å². The summed E-state index contributed by atoms with van der Waals surface area (Å²) >= 11 is 0. The fraction of sp³-hybridized carbons (Fsp3) is 0.333. The van der Waals surface area contributed by atoms with Gasteiger partial charge in [-0.3, -0.25) is 0 Å². The second kappa shape index (κ2) is 3.85. The SMILES string of the molecule is Nc1ncnc2c(C3C=CC(CO)C3)coc12. The predicted octanol–water partition coefficient (Wildman–Crippen LogP) is 1.46. The second-order valence-electron chi connectivity index (χ2n) is 4.30. The molecule has 88 valence electrons. The van der Waals surface area contributed by atoms with Crippen LogP contribution in [0.25, 0.3) is 11.1 Å². The number of fused-ring (bicyclic) bond motifs is 1. The quantitative estimate of drug-likeness (QED) is 0.764. The molecule has 1 aliphatic rings. The van der Waals surface area contributed by atoms with Crippen molar-refractivity contribution in [2.24, 2.45) is 5.92 Å². The summed E-state index contributed by atoms with van der Waals surface area (Å²) < 4.78 is 5.41. The molecular formula is C12H13N3O2. The van der Waals surface area contributed by atoms with Crippen LogP contribution in [0.5, 0.6) is 0 Å². The van der Waals surface area contributed by atoms with E-state index in [0.717, 1.165) is 17.5 Å². The zero-order valence-corrected chi connectivity index (χ0v) is 9.21. The van der Waals surface area contributed by atoms with Gasteiger partial charge in [0.1, 0.15) is 11.8 Å². The molecule has 3 N–H and O–H groups in total. The number of hydrogen-bond acceptors (Lipinski definition) is 5. The molecule has 0 saturated carbocycles. The minimum atomic E-state index is 0.180. The van der Waals surface area contributed by atoms with Crippen LogP contribution in [0.1, 0.15) is 17.9 Å². The van der Waals surface area contributed by atoms with Gasteiger partial charge >= 0.3 is 0 Å². The largest absolute Gasteiger partial charge is 0.458 e. The number of anilines is 1. The van der Waals surface area contributed by atoms with E-state index in [2.05, 4.69) is 16.0 Å². The topological polar surface area (TPSA) is 85.2 Å². The first-order valence-electron chi connectivity index (χ1n) is 5.56. The Labute approximate surface area is 98.0 Å². The number of hydrogen-bond donors (Lipinski definition) is 2. The number of furan rings is 1. The summed E-state index contributed by atoms with van der Waals surface area (Å²) in [6.07, 6.45) is 8.13. The van der Waals surface area contributed by atoms with Crippen LogP contribution in [0, 0.1) is 5.92 Å². The number of rotatable bonds is 2. The first-order chi connectivity index (χ1) is 8.29. The summed E-state index contributed by atoms with van der Waals surface area (Å²) in [5, 5.41) is 9.12. The minimum Gasteiger partial charge on any atom is -0.458 e. The number of nitrogen functional groups attached to an aromatic ring is 1. The van der Waals surface area contributed by atoms with E-state index in [4.69, 9.17) is 15.3 Å². The molecule has 2 aromatic heterocycles. The highest BCUT2D eigenvalue weighted by atomic mass is 16.3. The monoisotopic (exact) mass is 231 g/mol. The molecule has 0 aliphatic heterocycles. The van der Waals surface area contributed by atoms with Crippen molar-refractivity contribution in [3.63, 3.8) is 0 Å². The van der Waals surface area contributed by atoms with Crippen LogP contribution in [0.15, 0.2) is 29.2 Å². The molecule has 5 heteroatoms. The van der Waals surface area contributed by atoms with Gasteiger partial charge in [-0.15, -0.1) is 0 Å².